The summed E-state index contributed by atoms with van der Waals surface area (Å²) in [4.78, 5) is 10.6. The summed E-state index contributed by atoms with van der Waals surface area (Å²) in [5, 5.41) is 3.50. The number of nitrogens with one attached hydrogen (secondary N) is 1. The number of nitrogens with two attached hydrogens (primary N) is 1. The summed E-state index contributed by atoms with van der Waals surface area (Å²) >= 11 is 0. The lowest BCUT2D eigenvalue weighted by molar-refractivity contribution is -0.118. The normalized spacial score (nSPS) is 11.9. The van der Waals surface area contributed by atoms with Crippen LogP contribution < -0.4 is 15.8 Å². The third-order valence-corrected chi connectivity index (χ3v) is 2.97. The van der Waals surface area contributed by atoms with Crippen LogP contribution in [0.25, 0.3) is 0 Å². The number of rotatable bonds is 9. The smallest absolute Gasteiger partial charge is 0.220 e. The molecular weight excluding hydrogens is 240 g/mol. The molecule has 0 aliphatic rings. The molecular formula is C15H24N2O2. The van der Waals surface area contributed by atoms with E-state index in [4.69, 9.17) is 10.5 Å². The maximum Gasteiger partial charge on any atom is 0.220 e. The van der Waals surface area contributed by atoms with Crippen LogP contribution in [-0.4, -0.2) is 18.6 Å². The minimum Gasteiger partial charge on any atom is -0.493 e. The molecule has 1 atom stereocenters. The zero-order valence-electron chi connectivity index (χ0n) is 11.8. The second-order valence-electron chi connectivity index (χ2n) is 4.63. The molecule has 0 aliphatic carbocycles. The van der Waals surface area contributed by atoms with Crippen molar-refractivity contribution in [1.29, 1.82) is 0 Å². The molecule has 0 heterocycles. The predicted molar refractivity (Wildman–Crippen MR) is 78.4 cm³/mol. The number of carbonyl (C=O) groups is 1. The quantitative estimate of drug-likeness (QED) is 0.720. The first-order chi connectivity index (χ1) is 9.15. The number of hydrogen-bond acceptors (Lipinski definition) is 3. The number of ether oxygens (including phenoxy) is 1. The van der Waals surface area contributed by atoms with E-state index in [1.807, 2.05) is 24.3 Å². The number of amides is 1. The Morgan fingerprint density at radius 2 is 2.00 bits per heavy atom. The van der Waals surface area contributed by atoms with Crippen molar-refractivity contribution in [3.05, 3.63) is 24.3 Å². The van der Waals surface area contributed by atoms with Crippen molar-refractivity contribution < 1.29 is 9.53 Å². The first-order valence-electron chi connectivity index (χ1n) is 6.93. The zero-order valence-corrected chi connectivity index (χ0v) is 11.8. The number of primary amides is 1. The van der Waals surface area contributed by atoms with Crippen molar-refractivity contribution >= 4 is 11.6 Å². The van der Waals surface area contributed by atoms with Crippen LogP contribution in [0.5, 0.6) is 5.75 Å². The molecule has 1 rings (SSSR count). The van der Waals surface area contributed by atoms with Crippen LogP contribution >= 0.6 is 0 Å². The molecule has 4 heteroatoms. The second-order valence-corrected chi connectivity index (χ2v) is 4.63. The van der Waals surface area contributed by atoms with Gasteiger partial charge in [-0.15, -0.1) is 0 Å². The summed E-state index contributed by atoms with van der Waals surface area (Å²) in [6, 6.07) is 8.33. The first-order valence-corrected chi connectivity index (χ1v) is 6.93. The van der Waals surface area contributed by atoms with E-state index in [0.717, 1.165) is 17.9 Å². The molecule has 0 fully saturated rings. The Morgan fingerprint density at radius 1 is 1.32 bits per heavy atom. The predicted octanol–water partition coefficient (Wildman–Crippen LogP) is 2.93. The highest BCUT2D eigenvalue weighted by atomic mass is 16.5. The van der Waals surface area contributed by atoms with E-state index in [0.29, 0.717) is 12.6 Å². The molecule has 0 bridgehead atoms. The van der Waals surface area contributed by atoms with Gasteiger partial charge >= 0.3 is 0 Å². The van der Waals surface area contributed by atoms with Crippen LogP contribution in [-0.2, 0) is 4.79 Å². The minimum absolute atomic E-state index is 0.244. The Labute approximate surface area is 115 Å². The molecule has 3 N–H and O–H groups in total. The molecule has 0 radical (unpaired) electrons. The Hall–Kier alpha value is -1.71. The highest BCUT2D eigenvalue weighted by Crippen LogP contribution is 2.18. The number of benzene rings is 1. The number of anilines is 1. The first kappa shape index (κ1) is 15.3. The van der Waals surface area contributed by atoms with E-state index in [2.05, 4.69) is 19.2 Å². The van der Waals surface area contributed by atoms with Gasteiger partial charge in [0.2, 0.25) is 5.91 Å². The molecule has 1 unspecified atom stereocenters. The van der Waals surface area contributed by atoms with Gasteiger partial charge in [-0.2, -0.15) is 0 Å². The topological polar surface area (TPSA) is 64.3 Å². The fraction of sp³-hybridized carbons (Fsp3) is 0.533. The van der Waals surface area contributed by atoms with Crippen molar-refractivity contribution in [3.8, 4) is 5.75 Å². The Kier molecular flexibility index (Phi) is 6.79. The molecule has 0 aromatic heterocycles. The van der Waals surface area contributed by atoms with E-state index in [1.165, 1.54) is 12.8 Å². The third-order valence-electron chi connectivity index (χ3n) is 2.97. The van der Waals surface area contributed by atoms with Gasteiger partial charge < -0.3 is 15.8 Å². The van der Waals surface area contributed by atoms with Crippen LogP contribution in [0.3, 0.4) is 0 Å². The summed E-state index contributed by atoms with van der Waals surface area (Å²) < 4.78 is 5.42. The zero-order chi connectivity index (χ0) is 14.1. The van der Waals surface area contributed by atoms with Crippen molar-refractivity contribution in [2.24, 2.45) is 5.73 Å². The lowest BCUT2D eigenvalue weighted by atomic mass is 10.1. The molecule has 0 aliphatic heterocycles. The van der Waals surface area contributed by atoms with Crippen LogP contribution in [0.1, 0.15) is 39.5 Å². The van der Waals surface area contributed by atoms with Crippen LogP contribution in [0.15, 0.2) is 24.3 Å². The maximum atomic E-state index is 10.6. The highest BCUT2D eigenvalue weighted by Gasteiger charge is 2.04. The van der Waals surface area contributed by atoms with Gasteiger partial charge in [0.15, 0.2) is 0 Å². The summed E-state index contributed by atoms with van der Waals surface area (Å²) in [5.41, 5.74) is 6.15. The molecule has 106 valence electrons. The lowest BCUT2D eigenvalue weighted by Gasteiger charge is -2.17. The summed E-state index contributed by atoms with van der Waals surface area (Å²) in [5.74, 6) is 0.416. The van der Waals surface area contributed by atoms with Crippen molar-refractivity contribution in [3.63, 3.8) is 0 Å². The van der Waals surface area contributed by atoms with E-state index < -0.39 is 0 Å². The van der Waals surface area contributed by atoms with Crippen molar-refractivity contribution in [2.45, 2.75) is 45.6 Å². The fourth-order valence-corrected chi connectivity index (χ4v) is 1.88. The molecule has 0 saturated carbocycles. The van der Waals surface area contributed by atoms with Crippen LogP contribution in [0.4, 0.5) is 5.69 Å². The maximum absolute atomic E-state index is 10.6. The second kappa shape index (κ2) is 8.40. The van der Waals surface area contributed by atoms with E-state index in [1.54, 1.807) is 0 Å². The van der Waals surface area contributed by atoms with Gasteiger partial charge in [0.1, 0.15) is 5.75 Å². The standard InChI is InChI=1S/C15H24N2O2/c1-3-5-12(4-2)17-13-6-8-14(9-7-13)19-11-10-15(16)18/h6-9,12,17H,3-5,10-11H2,1-2H3,(H2,16,18). The van der Waals surface area contributed by atoms with Gasteiger partial charge in [-0.1, -0.05) is 20.3 Å². The highest BCUT2D eigenvalue weighted by molar-refractivity contribution is 5.73. The Morgan fingerprint density at radius 3 is 2.53 bits per heavy atom. The molecule has 1 aromatic carbocycles. The Bertz CT molecular complexity index is 376. The third kappa shape index (κ3) is 6.13. The molecule has 19 heavy (non-hydrogen) atoms. The number of carbonyl (C=O) groups excluding carboxylic acids is 1. The molecule has 4 nitrogen and oxygen atoms in total. The van der Waals surface area contributed by atoms with Crippen LogP contribution in [0.2, 0.25) is 0 Å². The van der Waals surface area contributed by atoms with E-state index in [-0.39, 0.29) is 12.3 Å². The largest absolute Gasteiger partial charge is 0.493 e. The molecule has 1 amide bonds. The fourth-order valence-electron chi connectivity index (χ4n) is 1.88. The molecule has 0 saturated heterocycles. The van der Waals surface area contributed by atoms with Gasteiger partial charge in [-0.25, -0.2) is 0 Å². The van der Waals surface area contributed by atoms with E-state index in [9.17, 15) is 4.79 Å². The van der Waals surface area contributed by atoms with Gasteiger partial charge in [0, 0.05) is 11.7 Å². The number of hydrogen-bond donors (Lipinski definition) is 2. The van der Waals surface area contributed by atoms with Gasteiger partial charge in [0.05, 0.1) is 13.0 Å². The van der Waals surface area contributed by atoms with Gasteiger partial charge in [0.25, 0.3) is 0 Å². The minimum atomic E-state index is -0.344. The van der Waals surface area contributed by atoms with Gasteiger partial charge in [-0.05, 0) is 37.1 Å². The average molecular weight is 264 g/mol. The van der Waals surface area contributed by atoms with Crippen LogP contribution in [0, 0.1) is 0 Å². The summed E-state index contributed by atoms with van der Waals surface area (Å²) in [6.45, 7) is 4.71. The van der Waals surface area contributed by atoms with E-state index >= 15 is 0 Å². The van der Waals surface area contributed by atoms with Crippen molar-refractivity contribution in [2.75, 3.05) is 11.9 Å². The molecule has 0 spiro atoms. The van der Waals surface area contributed by atoms with Gasteiger partial charge in [-0.3, -0.25) is 4.79 Å². The molecule has 1 aromatic rings. The monoisotopic (exact) mass is 264 g/mol. The average Bonchev–Trinajstić information content (AvgIpc) is 2.39. The summed E-state index contributed by atoms with van der Waals surface area (Å²) in [6.07, 6.45) is 3.71. The SMILES string of the molecule is CCCC(CC)Nc1ccc(OCCC(N)=O)cc1. The van der Waals surface area contributed by atoms with Crippen molar-refractivity contribution in [1.82, 2.24) is 0 Å². The summed E-state index contributed by atoms with van der Waals surface area (Å²) in [7, 11) is 0. The Balaban J connectivity index is 2.44. The lowest BCUT2D eigenvalue weighted by Crippen LogP contribution is -2.17.